The molecule has 100 valence electrons. The molecule has 1 aliphatic heterocycles. The van der Waals surface area contributed by atoms with Crippen LogP contribution in [0.5, 0.6) is 0 Å². The summed E-state index contributed by atoms with van der Waals surface area (Å²) in [6, 6.07) is 0. The molecule has 0 saturated carbocycles. The third-order valence-corrected chi connectivity index (χ3v) is 3.85. The summed E-state index contributed by atoms with van der Waals surface area (Å²) >= 11 is 0. The highest BCUT2D eigenvalue weighted by molar-refractivity contribution is 5.67. The maximum Gasteiger partial charge on any atom is 0.303 e. The lowest BCUT2D eigenvalue weighted by Gasteiger charge is -2.38. The topological polar surface area (TPSA) is 60.8 Å². The quantitative estimate of drug-likeness (QED) is 0.769. The third kappa shape index (κ3) is 4.64. The summed E-state index contributed by atoms with van der Waals surface area (Å²) in [4.78, 5) is 12.9. The van der Waals surface area contributed by atoms with E-state index in [0.29, 0.717) is 6.54 Å². The number of carbonyl (C=O) groups is 1. The van der Waals surface area contributed by atoms with Crippen LogP contribution < -0.4 is 0 Å². The lowest BCUT2D eigenvalue weighted by atomic mass is 9.89. The van der Waals surface area contributed by atoms with Gasteiger partial charge >= 0.3 is 5.97 Å². The Bertz CT molecular complexity index is 263. The third-order valence-electron chi connectivity index (χ3n) is 3.85. The van der Waals surface area contributed by atoms with Crippen LogP contribution in [0.1, 0.15) is 40.0 Å². The highest BCUT2D eigenvalue weighted by atomic mass is 16.4. The molecule has 0 aromatic heterocycles. The minimum Gasteiger partial charge on any atom is -0.481 e. The second-order valence-corrected chi connectivity index (χ2v) is 5.85. The molecule has 1 heterocycles. The van der Waals surface area contributed by atoms with Crippen LogP contribution in [-0.2, 0) is 4.79 Å². The Balaban J connectivity index is 2.47. The maximum atomic E-state index is 10.7. The Labute approximate surface area is 104 Å². The minimum atomic E-state index is -0.715. The van der Waals surface area contributed by atoms with Crippen LogP contribution in [0.2, 0.25) is 0 Å². The Hall–Kier alpha value is -0.610. The van der Waals surface area contributed by atoms with Gasteiger partial charge in [-0.3, -0.25) is 4.79 Å². The van der Waals surface area contributed by atoms with E-state index in [4.69, 9.17) is 5.11 Å². The van der Waals surface area contributed by atoms with Gasteiger partial charge in [-0.2, -0.15) is 0 Å². The van der Waals surface area contributed by atoms with Gasteiger partial charge in [0.2, 0.25) is 0 Å². The first-order valence-corrected chi connectivity index (χ1v) is 6.48. The summed E-state index contributed by atoms with van der Waals surface area (Å²) in [6.07, 6.45) is 2.28. The molecule has 2 unspecified atom stereocenters. The van der Waals surface area contributed by atoms with Gasteiger partial charge in [-0.05, 0) is 38.1 Å². The van der Waals surface area contributed by atoms with Crippen molar-refractivity contribution < 1.29 is 15.0 Å². The van der Waals surface area contributed by atoms with Crippen LogP contribution in [0.15, 0.2) is 0 Å². The van der Waals surface area contributed by atoms with Crippen molar-refractivity contribution in [3.8, 4) is 0 Å². The van der Waals surface area contributed by atoms with Crippen molar-refractivity contribution in [3.05, 3.63) is 0 Å². The molecular formula is C13H25NO3. The van der Waals surface area contributed by atoms with E-state index in [-0.39, 0.29) is 18.3 Å². The van der Waals surface area contributed by atoms with Gasteiger partial charge in [-0.15, -0.1) is 0 Å². The Morgan fingerprint density at radius 2 is 2.18 bits per heavy atom. The standard InChI is InChI=1S/C13H25NO3/c1-10(2)13(3,17)9-14-6-4-5-11(8-14)7-12(15)16/h10-11,17H,4-9H2,1-3H3,(H,15,16). The number of hydrogen-bond acceptors (Lipinski definition) is 3. The first-order valence-electron chi connectivity index (χ1n) is 6.48. The first-order chi connectivity index (χ1) is 7.81. The molecule has 0 spiro atoms. The zero-order chi connectivity index (χ0) is 13.1. The fourth-order valence-electron chi connectivity index (χ4n) is 2.34. The summed E-state index contributed by atoms with van der Waals surface area (Å²) in [7, 11) is 0. The molecule has 2 atom stereocenters. The minimum absolute atomic E-state index is 0.211. The first kappa shape index (κ1) is 14.5. The van der Waals surface area contributed by atoms with Gasteiger partial charge in [0.25, 0.3) is 0 Å². The molecule has 1 rings (SSSR count). The predicted molar refractivity (Wildman–Crippen MR) is 66.9 cm³/mol. The van der Waals surface area contributed by atoms with E-state index >= 15 is 0 Å². The van der Waals surface area contributed by atoms with E-state index < -0.39 is 11.6 Å². The van der Waals surface area contributed by atoms with Crippen molar-refractivity contribution in [2.24, 2.45) is 11.8 Å². The van der Waals surface area contributed by atoms with Gasteiger partial charge in [0.05, 0.1) is 5.60 Å². The smallest absolute Gasteiger partial charge is 0.303 e. The van der Waals surface area contributed by atoms with E-state index in [1.807, 2.05) is 20.8 Å². The van der Waals surface area contributed by atoms with E-state index in [1.165, 1.54) is 0 Å². The summed E-state index contributed by atoms with van der Waals surface area (Å²) in [5.41, 5.74) is -0.689. The Morgan fingerprint density at radius 1 is 1.53 bits per heavy atom. The fourth-order valence-corrected chi connectivity index (χ4v) is 2.34. The average Bonchev–Trinajstić information content (AvgIpc) is 2.15. The summed E-state index contributed by atoms with van der Waals surface area (Å²) in [6.45, 7) is 8.30. The van der Waals surface area contributed by atoms with Gasteiger partial charge in [0.1, 0.15) is 0 Å². The van der Waals surface area contributed by atoms with Crippen molar-refractivity contribution >= 4 is 5.97 Å². The molecule has 0 bridgehead atoms. The molecule has 0 aromatic rings. The van der Waals surface area contributed by atoms with Crippen LogP contribution in [-0.4, -0.2) is 46.3 Å². The van der Waals surface area contributed by atoms with Crippen LogP contribution in [0.4, 0.5) is 0 Å². The molecule has 4 heteroatoms. The van der Waals surface area contributed by atoms with Crippen molar-refractivity contribution in [2.75, 3.05) is 19.6 Å². The highest BCUT2D eigenvalue weighted by Crippen LogP contribution is 2.24. The van der Waals surface area contributed by atoms with Gasteiger partial charge in [0, 0.05) is 19.5 Å². The number of hydrogen-bond donors (Lipinski definition) is 2. The van der Waals surface area contributed by atoms with Crippen LogP contribution in [0.25, 0.3) is 0 Å². The fraction of sp³-hybridized carbons (Fsp3) is 0.923. The average molecular weight is 243 g/mol. The SMILES string of the molecule is CC(C)C(C)(O)CN1CCCC(CC(=O)O)C1. The van der Waals surface area contributed by atoms with E-state index in [2.05, 4.69) is 4.90 Å². The Kier molecular flexibility index (Phi) is 4.95. The molecule has 4 nitrogen and oxygen atoms in total. The summed E-state index contributed by atoms with van der Waals surface area (Å²) in [5, 5.41) is 19.1. The number of carboxylic acids is 1. The number of aliphatic carboxylic acids is 1. The Morgan fingerprint density at radius 3 is 2.71 bits per heavy atom. The molecular weight excluding hydrogens is 218 g/mol. The number of rotatable bonds is 5. The second kappa shape index (κ2) is 5.83. The van der Waals surface area contributed by atoms with Crippen molar-refractivity contribution in [1.82, 2.24) is 4.90 Å². The zero-order valence-electron chi connectivity index (χ0n) is 11.1. The normalized spacial score (nSPS) is 25.8. The maximum absolute atomic E-state index is 10.7. The summed E-state index contributed by atoms with van der Waals surface area (Å²) in [5.74, 6) is -0.265. The number of likely N-dealkylation sites (tertiary alicyclic amines) is 1. The van der Waals surface area contributed by atoms with Gasteiger partial charge < -0.3 is 15.1 Å². The van der Waals surface area contributed by atoms with Crippen LogP contribution >= 0.6 is 0 Å². The van der Waals surface area contributed by atoms with Gasteiger partial charge in [0.15, 0.2) is 0 Å². The van der Waals surface area contributed by atoms with Crippen molar-refractivity contribution in [1.29, 1.82) is 0 Å². The van der Waals surface area contributed by atoms with Crippen molar-refractivity contribution in [3.63, 3.8) is 0 Å². The number of β-amino-alcohol motifs (C(OH)–C–C–N with tert-alkyl or cyclic N) is 1. The number of carboxylic acid groups (broad SMARTS) is 1. The monoisotopic (exact) mass is 243 g/mol. The second-order valence-electron chi connectivity index (χ2n) is 5.85. The number of piperidine rings is 1. The molecule has 1 saturated heterocycles. The number of aliphatic hydroxyl groups is 1. The van der Waals surface area contributed by atoms with E-state index in [9.17, 15) is 9.90 Å². The highest BCUT2D eigenvalue weighted by Gasteiger charge is 2.30. The van der Waals surface area contributed by atoms with Crippen LogP contribution in [0, 0.1) is 11.8 Å². The van der Waals surface area contributed by atoms with Gasteiger partial charge in [-0.1, -0.05) is 13.8 Å². The lowest BCUT2D eigenvalue weighted by molar-refractivity contribution is -0.138. The van der Waals surface area contributed by atoms with Crippen LogP contribution in [0.3, 0.4) is 0 Å². The molecule has 17 heavy (non-hydrogen) atoms. The van der Waals surface area contributed by atoms with Gasteiger partial charge in [-0.25, -0.2) is 0 Å². The molecule has 2 N–H and O–H groups in total. The molecule has 0 aliphatic carbocycles. The molecule has 0 radical (unpaired) electrons. The van der Waals surface area contributed by atoms with Crippen molar-refractivity contribution in [2.45, 2.75) is 45.6 Å². The molecule has 1 aliphatic rings. The molecule has 0 aromatic carbocycles. The zero-order valence-corrected chi connectivity index (χ0v) is 11.1. The lowest BCUT2D eigenvalue weighted by Crippen LogP contribution is -2.48. The molecule has 0 amide bonds. The number of nitrogens with zero attached hydrogens (tertiary/aromatic N) is 1. The predicted octanol–water partition coefficient (Wildman–Crippen LogP) is 1.58. The molecule has 1 fully saturated rings. The van der Waals surface area contributed by atoms with E-state index in [1.54, 1.807) is 0 Å². The summed E-state index contributed by atoms with van der Waals surface area (Å²) < 4.78 is 0. The van der Waals surface area contributed by atoms with E-state index in [0.717, 1.165) is 25.9 Å². The largest absolute Gasteiger partial charge is 0.481 e.